The first kappa shape index (κ1) is 13.5. The number of aliphatic hydroxyl groups excluding tert-OH is 1. The summed E-state index contributed by atoms with van der Waals surface area (Å²) in [7, 11) is 1.91. The number of hydrogen-bond acceptors (Lipinski definition) is 2. The standard InChI is InChI=1S/C12H21ClN2O/c1-5-9-11(13)10(15(4)14-9)7-12(3,6-2)8-16/h16H,5-8H2,1-4H3. The second-order valence-corrected chi connectivity index (χ2v) is 5.06. The van der Waals surface area contributed by atoms with E-state index in [9.17, 15) is 5.11 Å². The van der Waals surface area contributed by atoms with Crippen LogP contribution in [0.15, 0.2) is 0 Å². The summed E-state index contributed by atoms with van der Waals surface area (Å²) in [5.74, 6) is 0. The van der Waals surface area contributed by atoms with Gasteiger partial charge in [0.05, 0.1) is 16.4 Å². The molecule has 0 saturated carbocycles. The average Bonchev–Trinajstić information content (AvgIpc) is 2.56. The largest absolute Gasteiger partial charge is 0.396 e. The van der Waals surface area contributed by atoms with Gasteiger partial charge in [0.1, 0.15) is 0 Å². The first-order valence-corrected chi connectivity index (χ1v) is 6.16. The van der Waals surface area contributed by atoms with Crippen molar-refractivity contribution in [2.45, 2.75) is 40.0 Å². The fourth-order valence-electron chi connectivity index (χ4n) is 1.71. The van der Waals surface area contributed by atoms with E-state index in [4.69, 9.17) is 11.6 Å². The minimum Gasteiger partial charge on any atom is -0.396 e. The maximum absolute atomic E-state index is 9.42. The van der Waals surface area contributed by atoms with Gasteiger partial charge in [0.2, 0.25) is 0 Å². The Morgan fingerprint density at radius 2 is 2.06 bits per heavy atom. The van der Waals surface area contributed by atoms with Gasteiger partial charge >= 0.3 is 0 Å². The average molecular weight is 245 g/mol. The fraction of sp³-hybridized carbons (Fsp3) is 0.750. The number of halogens is 1. The van der Waals surface area contributed by atoms with Crippen molar-refractivity contribution in [2.24, 2.45) is 12.5 Å². The van der Waals surface area contributed by atoms with Crippen molar-refractivity contribution in [3.8, 4) is 0 Å². The molecular formula is C12H21ClN2O. The van der Waals surface area contributed by atoms with Crippen molar-refractivity contribution in [1.82, 2.24) is 9.78 Å². The second-order valence-electron chi connectivity index (χ2n) is 4.68. The Balaban J connectivity index is 3.01. The van der Waals surface area contributed by atoms with E-state index in [0.717, 1.165) is 35.7 Å². The molecule has 16 heavy (non-hydrogen) atoms. The Kier molecular flexibility index (Phi) is 4.39. The Morgan fingerprint density at radius 3 is 2.44 bits per heavy atom. The lowest BCUT2D eigenvalue weighted by Crippen LogP contribution is -2.24. The molecular weight excluding hydrogens is 224 g/mol. The highest BCUT2D eigenvalue weighted by atomic mass is 35.5. The van der Waals surface area contributed by atoms with Crippen LogP contribution in [0.1, 0.15) is 38.6 Å². The van der Waals surface area contributed by atoms with Crippen LogP contribution in [0, 0.1) is 5.41 Å². The minimum atomic E-state index is -0.109. The third kappa shape index (κ3) is 2.58. The summed E-state index contributed by atoms with van der Waals surface area (Å²) < 4.78 is 1.84. The van der Waals surface area contributed by atoms with E-state index in [0.29, 0.717) is 0 Å². The molecule has 0 aliphatic carbocycles. The summed E-state index contributed by atoms with van der Waals surface area (Å²) in [6.07, 6.45) is 2.53. The first-order valence-electron chi connectivity index (χ1n) is 5.78. The Bertz CT molecular complexity index is 356. The van der Waals surface area contributed by atoms with Crippen molar-refractivity contribution < 1.29 is 5.11 Å². The lowest BCUT2D eigenvalue weighted by molar-refractivity contribution is 0.135. The van der Waals surface area contributed by atoms with Gasteiger partial charge in [-0.2, -0.15) is 5.10 Å². The quantitative estimate of drug-likeness (QED) is 0.865. The van der Waals surface area contributed by atoms with Gasteiger partial charge in [-0.3, -0.25) is 4.68 Å². The summed E-state index contributed by atoms with van der Waals surface area (Å²) in [6, 6.07) is 0. The van der Waals surface area contributed by atoms with Crippen LogP contribution in [0.3, 0.4) is 0 Å². The van der Waals surface area contributed by atoms with Crippen LogP contribution >= 0.6 is 11.6 Å². The molecule has 0 bridgehead atoms. The van der Waals surface area contributed by atoms with Crippen molar-refractivity contribution in [2.75, 3.05) is 6.61 Å². The summed E-state index contributed by atoms with van der Waals surface area (Å²) in [6.45, 7) is 6.37. The topological polar surface area (TPSA) is 38.0 Å². The van der Waals surface area contributed by atoms with Gasteiger partial charge in [-0.15, -0.1) is 0 Å². The van der Waals surface area contributed by atoms with E-state index in [2.05, 4.69) is 18.9 Å². The molecule has 92 valence electrons. The van der Waals surface area contributed by atoms with Gasteiger partial charge in [-0.25, -0.2) is 0 Å². The molecule has 1 rings (SSSR count). The van der Waals surface area contributed by atoms with Crippen LogP contribution in [-0.4, -0.2) is 21.5 Å². The van der Waals surface area contributed by atoms with Gasteiger partial charge in [-0.1, -0.05) is 32.4 Å². The molecule has 0 amide bonds. The monoisotopic (exact) mass is 244 g/mol. The Labute approximate surface area is 102 Å². The minimum absolute atomic E-state index is 0.109. The lowest BCUT2D eigenvalue weighted by Gasteiger charge is -2.25. The Hall–Kier alpha value is -0.540. The highest BCUT2D eigenvalue weighted by molar-refractivity contribution is 6.31. The van der Waals surface area contributed by atoms with Crippen molar-refractivity contribution in [3.63, 3.8) is 0 Å². The normalized spacial score (nSPS) is 15.1. The predicted octanol–water partition coefficient (Wildman–Crippen LogP) is 2.59. The molecule has 1 aromatic rings. The Morgan fingerprint density at radius 1 is 1.44 bits per heavy atom. The first-order chi connectivity index (χ1) is 7.47. The highest BCUT2D eigenvalue weighted by Gasteiger charge is 2.25. The van der Waals surface area contributed by atoms with Gasteiger partial charge in [0, 0.05) is 13.7 Å². The third-order valence-electron chi connectivity index (χ3n) is 3.33. The molecule has 4 heteroatoms. The van der Waals surface area contributed by atoms with E-state index in [1.165, 1.54) is 0 Å². The number of hydrogen-bond donors (Lipinski definition) is 1. The molecule has 3 nitrogen and oxygen atoms in total. The van der Waals surface area contributed by atoms with Crippen LogP contribution in [0.5, 0.6) is 0 Å². The SMILES string of the molecule is CCc1nn(C)c(CC(C)(CC)CO)c1Cl. The number of rotatable bonds is 5. The number of aryl methyl sites for hydroxylation is 2. The van der Waals surface area contributed by atoms with Crippen LogP contribution in [0.25, 0.3) is 0 Å². The van der Waals surface area contributed by atoms with Crippen LogP contribution in [0.4, 0.5) is 0 Å². The molecule has 0 saturated heterocycles. The lowest BCUT2D eigenvalue weighted by atomic mass is 9.83. The third-order valence-corrected chi connectivity index (χ3v) is 3.77. The van der Waals surface area contributed by atoms with Gasteiger partial charge in [0.15, 0.2) is 0 Å². The summed E-state index contributed by atoms with van der Waals surface area (Å²) in [5, 5.41) is 14.6. The zero-order chi connectivity index (χ0) is 12.3. The van der Waals surface area contributed by atoms with E-state index >= 15 is 0 Å². The zero-order valence-corrected chi connectivity index (χ0v) is 11.3. The molecule has 0 aromatic carbocycles. The van der Waals surface area contributed by atoms with Crippen LogP contribution in [-0.2, 0) is 19.9 Å². The van der Waals surface area contributed by atoms with Crippen LogP contribution < -0.4 is 0 Å². The fourth-order valence-corrected chi connectivity index (χ4v) is 2.07. The number of nitrogens with zero attached hydrogens (tertiary/aromatic N) is 2. The van der Waals surface area contributed by atoms with Crippen molar-refractivity contribution >= 4 is 11.6 Å². The van der Waals surface area contributed by atoms with E-state index in [1.54, 1.807) is 0 Å². The summed E-state index contributed by atoms with van der Waals surface area (Å²) >= 11 is 6.28. The maximum atomic E-state index is 9.42. The van der Waals surface area contributed by atoms with E-state index < -0.39 is 0 Å². The van der Waals surface area contributed by atoms with Crippen molar-refractivity contribution in [1.29, 1.82) is 0 Å². The molecule has 0 spiro atoms. The maximum Gasteiger partial charge on any atom is 0.0849 e. The van der Waals surface area contributed by atoms with Gasteiger partial charge in [0.25, 0.3) is 0 Å². The zero-order valence-electron chi connectivity index (χ0n) is 10.5. The number of aliphatic hydroxyl groups is 1. The molecule has 0 radical (unpaired) electrons. The predicted molar refractivity (Wildman–Crippen MR) is 66.8 cm³/mol. The number of aromatic nitrogens is 2. The highest BCUT2D eigenvalue weighted by Crippen LogP contribution is 2.30. The second kappa shape index (κ2) is 5.19. The molecule has 1 aromatic heterocycles. The van der Waals surface area contributed by atoms with Crippen molar-refractivity contribution in [3.05, 3.63) is 16.4 Å². The van der Waals surface area contributed by atoms with Gasteiger partial charge < -0.3 is 5.11 Å². The van der Waals surface area contributed by atoms with E-state index in [1.807, 2.05) is 18.7 Å². The molecule has 1 unspecified atom stereocenters. The molecule has 1 heterocycles. The summed E-state index contributed by atoms with van der Waals surface area (Å²) in [4.78, 5) is 0. The molecule has 0 aliphatic rings. The van der Waals surface area contributed by atoms with Crippen LogP contribution in [0.2, 0.25) is 5.02 Å². The summed E-state index contributed by atoms with van der Waals surface area (Å²) in [5.41, 5.74) is 1.86. The van der Waals surface area contributed by atoms with E-state index in [-0.39, 0.29) is 12.0 Å². The van der Waals surface area contributed by atoms with Gasteiger partial charge in [-0.05, 0) is 24.7 Å². The molecule has 0 fully saturated rings. The molecule has 1 N–H and O–H groups in total. The smallest absolute Gasteiger partial charge is 0.0849 e. The molecule has 0 aliphatic heterocycles. The molecule has 1 atom stereocenters.